The molecular weight excluding hydrogens is 316 g/mol. The Morgan fingerprint density at radius 1 is 1.28 bits per heavy atom. The standard InChI is InChI=1S/C18H24N6O/c1-13-7-14(2)24-16(9-19-17(24)21-13)11-23-5-6-25-18(3,12-23)15-8-20-22(4)10-15/h7-10H,5-6,11-12H2,1-4H3/t18-/m0/s1. The molecular formula is C18H24N6O. The van der Waals surface area contributed by atoms with Gasteiger partial charge in [0, 0.05) is 49.8 Å². The number of aromatic nitrogens is 5. The van der Waals surface area contributed by atoms with E-state index in [-0.39, 0.29) is 5.60 Å². The van der Waals surface area contributed by atoms with Crippen molar-refractivity contribution >= 4 is 5.78 Å². The van der Waals surface area contributed by atoms with Crippen LogP contribution in [0.15, 0.2) is 24.7 Å². The molecule has 1 aliphatic rings. The first-order valence-corrected chi connectivity index (χ1v) is 8.61. The molecule has 132 valence electrons. The van der Waals surface area contributed by atoms with Gasteiger partial charge in [0.05, 0.1) is 24.7 Å². The van der Waals surface area contributed by atoms with Gasteiger partial charge in [-0.3, -0.25) is 14.0 Å². The van der Waals surface area contributed by atoms with Crippen molar-refractivity contribution in [2.45, 2.75) is 32.9 Å². The first-order chi connectivity index (χ1) is 11.9. The van der Waals surface area contributed by atoms with Crippen molar-refractivity contribution in [3.63, 3.8) is 0 Å². The van der Waals surface area contributed by atoms with E-state index >= 15 is 0 Å². The number of morpholine rings is 1. The fourth-order valence-corrected chi connectivity index (χ4v) is 3.69. The van der Waals surface area contributed by atoms with Crippen LogP contribution in [0.4, 0.5) is 0 Å². The molecule has 3 aromatic rings. The van der Waals surface area contributed by atoms with Crippen molar-refractivity contribution in [2.24, 2.45) is 7.05 Å². The minimum atomic E-state index is -0.336. The molecule has 0 saturated carbocycles. The van der Waals surface area contributed by atoms with Crippen LogP contribution >= 0.6 is 0 Å². The van der Waals surface area contributed by atoms with Gasteiger partial charge in [-0.2, -0.15) is 5.10 Å². The number of aryl methyl sites for hydroxylation is 3. The molecule has 7 nitrogen and oxygen atoms in total. The van der Waals surface area contributed by atoms with Gasteiger partial charge in [0.25, 0.3) is 0 Å². The van der Waals surface area contributed by atoms with Gasteiger partial charge >= 0.3 is 0 Å². The van der Waals surface area contributed by atoms with Gasteiger partial charge in [0.15, 0.2) is 0 Å². The Kier molecular flexibility index (Phi) is 3.85. The molecule has 0 unspecified atom stereocenters. The van der Waals surface area contributed by atoms with E-state index < -0.39 is 0 Å². The second-order valence-electron chi connectivity index (χ2n) is 7.12. The second-order valence-corrected chi connectivity index (χ2v) is 7.12. The number of imidazole rings is 1. The number of nitrogens with zero attached hydrogens (tertiary/aromatic N) is 6. The summed E-state index contributed by atoms with van der Waals surface area (Å²) in [6.45, 7) is 9.51. The number of hydrogen-bond acceptors (Lipinski definition) is 5. The lowest BCUT2D eigenvalue weighted by molar-refractivity contribution is -0.105. The van der Waals surface area contributed by atoms with Crippen LogP contribution in [0.25, 0.3) is 5.78 Å². The summed E-state index contributed by atoms with van der Waals surface area (Å²) in [5, 5.41) is 4.29. The monoisotopic (exact) mass is 340 g/mol. The predicted molar refractivity (Wildman–Crippen MR) is 94.3 cm³/mol. The van der Waals surface area contributed by atoms with Crippen LogP contribution in [0, 0.1) is 13.8 Å². The zero-order valence-corrected chi connectivity index (χ0v) is 15.2. The average Bonchev–Trinajstić information content (AvgIpc) is 3.14. The highest BCUT2D eigenvalue weighted by molar-refractivity contribution is 5.35. The van der Waals surface area contributed by atoms with E-state index in [2.05, 4.69) is 44.3 Å². The fourth-order valence-electron chi connectivity index (χ4n) is 3.69. The molecule has 0 radical (unpaired) electrons. The van der Waals surface area contributed by atoms with Crippen molar-refractivity contribution in [1.29, 1.82) is 0 Å². The number of fused-ring (bicyclic) bond motifs is 1. The molecule has 3 aromatic heterocycles. The molecule has 4 heterocycles. The topological polar surface area (TPSA) is 60.5 Å². The summed E-state index contributed by atoms with van der Waals surface area (Å²) in [5.74, 6) is 0.774. The van der Waals surface area contributed by atoms with Gasteiger partial charge in [-0.15, -0.1) is 0 Å². The maximum absolute atomic E-state index is 6.11. The molecule has 1 saturated heterocycles. The molecule has 1 aliphatic heterocycles. The van der Waals surface area contributed by atoms with Crippen molar-refractivity contribution in [3.8, 4) is 0 Å². The number of ether oxygens (including phenoxy) is 1. The third-order valence-electron chi connectivity index (χ3n) is 4.92. The Morgan fingerprint density at radius 3 is 2.88 bits per heavy atom. The Hall–Kier alpha value is -2.25. The van der Waals surface area contributed by atoms with E-state index in [1.165, 1.54) is 5.69 Å². The summed E-state index contributed by atoms with van der Waals surface area (Å²) < 4.78 is 10.1. The summed E-state index contributed by atoms with van der Waals surface area (Å²) in [7, 11) is 1.93. The van der Waals surface area contributed by atoms with E-state index in [1.807, 2.05) is 37.2 Å². The highest BCUT2D eigenvalue weighted by Gasteiger charge is 2.35. The zero-order chi connectivity index (χ0) is 17.6. The van der Waals surface area contributed by atoms with Crippen LogP contribution in [0.5, 0.6) is 0 Å². The maximum atomic E-state index is 6.11. The average molecular weight is 340 g/mol. The first-order valence-electron chi connectivity index (χ1n) is 8.61. The lowest BCUT2D eigenvalue weighted by atomic mass is 9.97. The molecule has 4 rings (SSSR count). The number of rotatable bonds is 3. The SMILES string of the molecule is Cc1cc(C)n2c(CN3CCO[C@](C)(c4cnn(C)c4)C3)cnc2n1. The summed E-state index contributed by atoms with van der Waals surface area (Å²) >= 11 is 0. The van der Waals surface area contributed by atoms with Crippen molar-refractivity contribution < 1.29 is 4.74 Å². The zero-order valence-electron chi connectivity index (χ0n) is 15.2. The van der Waals surface area contributed by atoms with E-state index in [9.17, 15) is 0 Å². The summed E-state index contributed by atoms with van der Waals surface area (Å²) in [5.41, 5.74) is 4.11. The van der Waals surface area contributed by atoms with Crippen molar-refractivity contribution in [3.05, 3.63) is 47.3 Å². The molecule has 0 bridgehead atoms. The van der Waals surface area contributed by atoms with Crippen LogP contribution in [0.3, 0.4) is 0 Å². The number of hydrogen-bond donors (Lipinski definition) is 0. The first kappa shape index (κ1) is 16.2. The molecule has 0 aliphatic carbocycles. The molecule has 1 atom stereocenters. The van der Waals surface area contributed by atoms with Crippen LogP contribution in [0.2, 0.25) is 0 Å². The minimum absolute atomic E-state index is 0.336. The van der Waals surface area contributed by atoms with E-state index in [4.69, 9.17) is 4.74 Å². The Bertz CT molecular complexity index is 914. The lowest BCUT2D eigenvalue weighted by Crippen LogP contribution is -2.47. The molecule has 0 amide bonds. The van der Waals surface area contributed by atoms with Crippen LogP contribution in [-0.2, 0) is 23.9 Å². The molecule has 0 spiro atoms. The quantitative estimate of drug-likeness (QED) is 0.728. The van der Waals surface area contributed by atoms with Gasteiger partial charge in [-0.05, 0) is 26.8 Å². The molecule has 1 fully saturated rings. The highest BCUT2D eigenvalue weighted by Crippen LogP contribution is 2.29. The van der Waals surface area contributed by atoms with E-state index in [0.29, 0.717) is 6.61 Å². The van der Waals surface area contributed by atoms with E-state index in [1.54, 1.807) is 0 Å². The van der Waals surface area contributed by atoms with Crippen molar-refractivity contribution in [2.75, 3.05) is 19.7 Å². The molecule has 0 N–H and O–H groups in total. The third-order valence-corrected chi connectivity index (χ3v) is 4.92. The largest absolute Gasteiger partial charge is 0.368 e. The Balaban J connectivity index is 1.59. The lowest BCUT2D eigenvalue weighted by Gasteiger charge is -2.40. The Labute approximate surface area is 147 Å². The smallest absolute Gasteiger partial charge is 0.234 e. The maximum Gasteiger partial charge on any atom is 0.234 e. The summed E-state index contributed by atoms with van der Waals surface area (Å²) in [6, 6.07) is 2.09. The normalized spacial score (nSPS) is 21.9. The molecule has 7 heteroatoms. The van der Waals surface area contributed by atoms with E-state index in [0.717, 1.165) is 42.4 Å². The molecule has 0 aromatic carbocycles. The summed E-state index contributed by atoms with van der Waals surface area (Å²) in [4.78, 5) is 11.4. The Morgan fingerprint density at radius 2 is 2.12 bits per heavy atom. The highest BCUT2D eigenvalue weighted by atomic mass is 16.5. The van der Waals surface area contributed by atoms with Crippen LogP contribution in [0.1, 0.15) is 29.6 Å². The molecule has 25 heavy (non-hydrogen) atoms. The fraction of sp³-hybridized carbons (Fsp3) is 0.500. The van der Waals surface area contributed by atoms with Gasteiger partial charge in [0.1, 0.15) is 5.60 Å². The van der Waals surface area contributed by atoms with Crippen LogP contribution < -0.4 is 0 Å². The second kappa shape index (κ2) is 5.93. The van der Waals surface area contributed by atoms with Gasteiger partial charge < -0.3 is 4.74 Å². The minimum Gasteiger partial charge on any atom is -0.368 e. The van der Waals surface area contributed by atoms with Gasteiger partial charge in [-0.25, -0.2) is 9.97 Å². The van der Waals surface area contributed by atoms with Crippen LogP contribution in [-0.4, -0.2) is 48.7 Å². The van der Waals surface area contributed by atoms with Gasteiger partial charge in [0.2, 0.25) is 5.78 Å². The predicted octanol–water partition coefficient (Wildman–Crippen LogP) is 1.83. The summed E-state index contributed by atoms with van der Waals surface area (Å²) in [6.07, 6.45) is 5.87. The third kappa shape index (κ3) is 2.94. The van der Waals surface area contributed by atoms with Crippen molar-refractivity contribution in [1.82, 2.24) is 29.0 Å². The van der Waals surface area contributed by atoms with Gasteiger partial charge in [-0.1, -0.05) is 0 Å².